The highest BCUT2D eigenvalue weighted by Gasteiger charge is 2.35. The molecule has 1 amide bonds. The van der Waals surface area contributed by atoms with Crippen LogP contribution in [0.5, 0.6) is 0 Å². The molecular formula is C18H21N3O4. The molecule has 0 bridgehead atoms. The van der Waals surface area contributed by atoms with E-state index in [1.807, 2.05) is 13.0 Å². The van der Waals surface area contributed by atoms with E-state index in [4.69, 9.17) is 4.52 Å². The highest BCUT2D eigenvalue weighted by atomic mass is 16.5. The molecule has 1 aliphatic rings. The third-order valence-electron chi connectivity index (χ3n) is 4.33. The lowest BCUT2D eigenvalue weighted by molar-refractivity contribution is -0.138. The van der Waals surface area contributed by atoms with Crippen LogP contribution in [0, 0.1) is 0 Å². The van der Waals surface area contributed by atoms with Crippen LogP contribution in [0.15, 0.2) is 28.8 Å². The van der Waals surface area contributed by atoms with E-state index in [-0.39, 0.29) is 12.5 Å². The van der Waals surface area contributed by atoms with Gasteiger partial charge in [-0.3, -0.25) is 9.59 Å². The summed E-state index contributed by atoms with van der Waals surface area (Å²) < 4.78 is 5.17. The Hall–Kier alpha value is -2.70. The van der Waals surface area contributed by atoms with Crippen molar-refractivity contribution < 1.29 is 19.2 Å². The Bertz CT molecular complexity index is 771. The van der Waals surface area contributed by atoms with E-state index in [2.05, 4.69) is 10.1 Å². The lowest BCUT2D eigenvalue weighted by Crippen LogP contribution is -2.31. The second-order valence-electron chi connectivity index (χ2n) is 6.16. The van der Waals surface area contributed by atoms with Crippen molar-refractivity contribution in [1.82, 2.24) is 10.1 Å². The molecular weight excluding hydrogens is 322 g/mol. The van der Waals surface area contributed by atoms with E-state index in [1.165, 1.54) is 0 Å². The Morgan fingerprint density at radius 3 is 2.88 bits per heavy atom. The van der Waals surface area contributed by atoms with E-state index >= 15 is 0 Å². The van der Waals surface area contributed by atoms with Crippen molar-refractivity contribution >= 4 is 17.6 Å². The molecule has 1 N–H and O–H groups in total. The molecule has 132 valence electrons. The first kappa shape index (κ1) is 17.1. The van der Waals surface area contributed by atoms with Gasteiger partial charge in [-0.1, -0.05) is 30.3 Å². The lowest BCUT2D eigenvalue weighted by atomic mass is 10.0. The summed E-state index contributed by atoms with van der Waals surface area (Å²) in [5.41, 5.74) is 1.40. The largest absolute Gasteiger partial charge is 0.481 e. The maximum absolute atomic E-state index is 12.5. The minimum absolute atomic E-state index is 0.0792. The second-order valence-corrected chi connectivity index (χ2v) is 6.16. The van der Waals surface area contributed by atoms with Gasteiger partial charge in [-0.05, 0) is 24.5 Å². The fourth-order valence-corrected chi connectivity index (χ4v) is 3.10. The summed E-state index contributed by atoms with van der Waals surface area (Å²) in [6.45, 7) is 2.24. The number of carbonyl (C=O) groups is 2. The lowest BCUT2D eigenvalue weighted by Gasteiger charge is -2.17. The fourth-order valence-electron chi connectivity index (χ4n) is 3.10. The number of carboxylic acid groups (broad SMARTS) is 1. The standard InChI is InChI=1S/C18H21N3O4/c1-2-6-15-19-16(25-20-15)9-5-10-17(22)21-11-13(18(23)24)12-7-3-4-8-14(12)21/h3-4,7-8,13H,2,5-6,9-11H2,1H3,(H,23,24). The van der Waals surface area contributed by atoms with E-state index in [9.17, 15) is 14.7 Å². The second kappa shape index (κ2) is 7.46. The quantitative estimate of drug-likeness (QED) is 0.830. The molecule has 0 fully saturated rings. The average molecular weight is 343 g/mol. The van der Waals surface area contributed by atoms with Crippen molar-refractivity contribution in [3.05, 3.63) is 41.5 Å². The normalized spacial score (nSPS) is 16.0. The molecule has 0 saturated carbocycles. The first-order valence-corrected chi connectivity index (χ1v) is 8.53. The van der Waals surface area contributed by atoms with Gasteiger partial charge in [0.25, 0.3) is 0 Å². The smallest absolute Gasteiger partial charge is 0.312 e. The number of hydrogen-bond acceptors (Lipinski definition) is 5. The van der Waals surface area contributed by atoms with E-state index in [1.54, 1.807) is 23.1 Å². The van der Waals surface area contributed by atoms with Crippen molar-refractivity contribution in [3.8, 4) is 0 Å². The zero-order valence-electron chi connectivity index (χ0n) is 14.1. The summed E-state index contributed by atoms with van der Waals surface area (Å²) in [6.07, 6.45) is 3.18. The summed E-state index contributed by atoms with van der Waals surface area (Å²) in [6, 6.07) is 7.18. The summed E-state index contributed by atoms with van der Waals surface area (Å²) in [5.74, 6) is -0.405. The summed E-state index contributed by atoms with van der Waals surface area (Å²) in [4.78, 5) is 29.8. The van der Waals surface area contributed by atoms with E-state index in [0.29, 0.717) is 42.2 Å². The van der Waals surface area contributed by atoms with Gasteiger partial charge in [-0.25, -0.2) is 0 Å². The van der Waals surface area contributed by atoms with Crippen molar-refractivity contribution in [1.29, 1.82) is 0 Å². The van der Waals surface area contributed by atoms with Gasteiger partial charge in [0.05, 0.1) is 0 Å². The number of carboxylic acids is 1. The van der Waals surface area contributed by atoms with Crippen LogP contribution in [-0.4, -0.2) is 33.7 Å². The third kappa shape index (κ3) is 3.70. The SMILES string of the molecule is CCCc1noc(CCCC(=O)N2CC(C(=O)O)c3ccccc32)n1. The van der Waals surface area contributed by atoms with Gasteiger partial charge >= 0.3 is 5.97 Å². The number of amides is 1. The molecule has 2 heterocycles. The van der Waals surface area contributed by atoms with Gasteiger partial charge in [-0.15, -0.1) is 0 Å². The summed E-state index contributed by atoms with van der Waals surface area (Å²) in [5, 5.41) is 13.3. The van der Waals surface area contributed by atoms with E-state index < -0.39 is 11.9 Å². The monoisotopic (exact) mass is 343 g/mol. The molecule has 0 saturated heterocycles. The molecule has 2 aromatic rings. The molecule has 1 aromatic carbocycles. The Morgan fingerprint density at radius 1 is 1.32 bits per heavy atom. The van der Waals surface area contributed by atoms with Crippen molar-refractivity contribution in [3.63, 3.8) is 0 Å². The number of carbonyl (C=O) groups excluding carboxylic acids is 1. The number of aryl methyl sites for hydroxylation is 2. The number of para-hydroxylation sites is 1. The summed E-state index contributed by atoms with van der Waals surface area (Å²) in [7, 11) is 0. The van der Waals surface area contributed by atoms with E-state index in [0.717, 1.165) is 12.8 Å². The highest BCUT2D eigenvalue weighted by Crippen LogP contribution is 2.36. The van der Waals surface area contributed by atoms with Crippen LogP contribution in [0.25, 0.3) is 0 Å². The first-order valence-electron chi connectivity index (χ1n) is 8.53. The minimum atomic E-state index is -0.905. The Kier molecular flexibility index (Phi) is 5.11. The number of benzene rings is 1. The fraction of sp³-hybridized carbons (Fsp3) is 0.444. The number of hydrogen-bond donors (Lipinski definition) is 1. The van der Waals surface area contributed by atoms with Crippen LogP contribution in [-0.2, 0) is 22.4 Å². The molecule has 7 nitrogen and oxygen atoms in total. The van der Waals surface area contributed by atoms with Crippen LogP contribution in [0.4, 0.5) is 5.69 Å². The van der Waals surface area contributed by atoms with Gasteiger partial charge in [0.15, 0.2) is 5.82 Å². The number of rotatable bonds is 7. The van der Waals surface area contributed by atoms with Gasteiger partial charge < -0.3 is 14.5 Å². The summed E-state index contributed by atoms with van der Waals surface area (Å²) >= 11 is 0. The minimum Gasteiger partial charge on any atom is -0.481 e. The molecule has 1 atom stereocenters. The highest BCUT2D eigenvalue weighted by molar-refractivity contribution is 5.98. The predicted molar refractivity (Wildman–Crippen MR) is 90.4 cm³/mol. The molecule has 3 rings (SSSR count). The van der Waals surface area contributed by atoms with Crippen molar-refractivity contribution in [2.24, 2.45) is 0 Å². The number of anilines is 1. The van der Waals surface area contributed by atoms with Gasteiger partial charge in [0.1, 0.15) is 5.92 Å². The average Bonchev–Trinajstić information content (AvgIpc) is 3.19. The third-order valence-corrected chi connectivity index (χ3v) is 4.33. The predicted octanol–water partition coefficient (Wildman–Crippen LogP) is 2.56. The number of fused-ring (bicyclic) bond motifs is 1. The first-order chi connectivity index (χ1) is 12.1. The Labute approximate surface area is 145 Å². The molecule has 25 heavy (non-hydrogen) atoms. The van der Waals surface area contributed by atoms with Crippen LogP contribution >= 0.6 is 0 Å². The number of nitrogens with zero attached hydrogens (tertiary/aromatic N) is 3. The molecule has 0 spiro atoms. The Balaban J connectivity index is 1.59. The van der Waals surface area contributed by atoms with Gasteiger partial charge in [0, 0.05) is 31.5 Å². The zero-order chi connectivity index (χ0) is 17.8. The van der Waals surface area contributed by atoms with Crippen LogP contribution in [0.1, 0.15) is 49.4 Å². The number of aromatic nitrogens is 2. The maximum atomic E-state index is 12.5. The van der Waals surface area contributed by atoms with Gasteiger partial charge in [-0.2, -0.15) is 4.98 Å². The van der Waals surface area contributed by atoms with Crippen molar-refractivity contribution in [2.75, 3.05) is 11.4 Å². The van der Waals surface area contributed by atoms with Crippen LogP contribution < -0.4 is 4.90 Å². The Morgan fingerprint density at radius 2 is 2.12 bits per heavy atom. The topological polar surface area (TPSA) is 96.5 Å². The van der Waals surface area contributed by atoms with Crippen LogP contribution in [0.2, 0.25) is 0 Å². The van der Waals surface area contributed by atoms with Gasteiger partial charge in [0.2, 0.25) is 11.8 Å². The maximum Gasteiger partial charge on any atom is 0.312 e. The molecule has 7 heteroatoms. The molecule has 0 aliphatic carbocycles. The molecule has 0 radical (unpaired) electrons. The molecule has 1 unspecified atom stereocenters. The number of aliphatic carboxylic acids is 1. The zero-order valence-corrected chi connectivity index (χ0v) is 14.1. The molecule has 1 aromatic heterocycles. The van der Waals surface area contributed by atoms with Crippen LogP contribution in [0.3, 0.4) is 0 Å². The molecule has 1 aliphatic heterocycles. The van der Waals surface area contributed by atoms with Crippen molar-refractivity contribution in [2.45, 2.75) is 44.9 Å².